The van der Waals surface area contributed by atoms with Gasteiger partial charge in [0.15, 0.2) is 5.82 Å². The zero-order valence-corrected chi connectivity index (χ0v) is 27.2. The lowest BCUT2D eigenvalue weighted by molar-refractivity contribution is 0.108. The van der Waals surface area contributed by atoms with Gasteiger partial charge in [-0.2, -0.15) is 15.2 Å². The highest BCUT2D eigenvalue weighted by Crippen LogP contribution is 2.47. The molecular weight excluding hydrogens is 649 g/mol. The molecule has 2 bridgehead atoms. The molecule has 3 saturated heterocycles. The largest absolute Gasteiger partial charge is 0.461 e. The van der Waals surface area contributed by atoms with Crippen molar-refractivity contribution in [3.63, 3.8) is 0 Å². The number of aliphatic hydroxyl groups is 1. The third-order valence-electron chi connectivity index (χ3n) is 10.7. The predicted molar refractivity (Wildman–Crippen MR) is 176 cm³/mol. The molecule has 8 nitrogen and oxygen atoms in total. The molecule has 0 amide bonds. The molecule has 1 unspecified atom stereocenters. The molecule has 1 saturated carbocycles. The number of nitrogens with zero attached hydrogens (tertiary/aromatic N) is 5. The number of thiophene rings is 1. The lowest BCUT2D eigenvalue weighted by atomic mass is 9.93. The molecule has 0 spiro atoms. The molecule has 2 aromatic heterocycles. The van der Waals surface area contributed by atoms with E-state index in [0.29, 0.717) is 43.7 Å². The summed E-state index contributed by atoms with van der Waals surface area (Å²) >= 11 is 7.77. The van der Waals surface area contributed by atoms with Crippen LogP contribution >= 0.6 is 22.9 Å². The fraction of sp³-hybridized carbons (Fsp3) is 0.441. The second-order valence-electron chi connectivity index (χ2n) is 13.4. The Morgan fingerprint density at radius 2 is 2.11 bits per heavy atom. The molecule has 4 atom stereocenters. The maximum Gasteiger partial charge on any atom is 0.319 e. The number of rotatable bonds is 5. The number of benzene rings is 2. The van der Waals surface area contributed by atoms with Crippen LogP contribution < -0.4 is 15.4 Å². The Kier molecular flexibility index (Phi) is 7.33. The van der Waals surface area contributed by atoms with Crippen molar-refractivity contribution < 1.29 is 23.0 Å². The van der Waals surface area contributed by atoms with Crippen molar-refractivity contribution in [1.82, 2.24) is 14.9 Å². The van der Waals surface area contributed by atoms with E-state index in [9.17, 15) is 19.1 Å². The van der Waals surface area contributed by atoms with Crippen LogP contribution in [0.15, 0.2) is 29.6 Å². The van der Waals surface area contributed by atoms with Crippen molar-refractivity contribution in [3.05, 3.63) is 51.8 Å². The maximum atomic E-state index is 17.0. The van der Waals surface area contributed by atoms with E-state index in [1.165, 1.54) is 19.1 Å². The molecule has 8 rings (SSSR count). The van der Waals surface area contributed by atoms with Crippen molar-refractivity contribution >= 4 is 54.7 Å². The molecule has 0 radical (unpaired) electrons. The van der Waals surface area contributed by atoms with Gasteiger partial charge in [0.2, 0.25) is 0 Å². The van der Waals surface area contributed by atoms with Crippen molar-refractivity contribution in [2.75, 3.05) is 43.4 Å². The first kappa shape index (κ1) is 30.7. The Labute approximate surface area is 278 Å². The third-order valence-corrected chi connectivity index (χ3v) is 12.0. The number of hydrogen-bond donors (Lipinski definition) is 2. The van der Waals surface area contributed by atoms with Gasteiger partial charge in [0.1, 0.15) is 34.8 Å². The Balaban J connectivity index is 1.28. The minimum atomic E-state index is -0.762. The Morgan fingerprint density at radius 1 is 1.28 bits per heavy atom. The quantitative estimate of drug-likeness (QED) is 0.233. The number of aromatic nitrogens is 2. The van der Waals surface area contributed by atoms with Crippen LogP contribution in [0.4, 0.5) is 24.0 Å². The van der Waals surface area contributed by atoms with Crippen LogP contribution in [-0.4, -0.2) is 64.4 Å². The monoisotopic (exact) mass is 680 g/mol. The molecule has 13 heteroatoms. The van der Waals surface area contributed by atoms with E-state index in [2.05, 4.69) is 9.88 Å². The van der Waals surface area contributed by atoms with E-state index < -0.39 is 23.3 Å². The molecule has 3 aliphatic heterocycles. The number of fused-ring (bicyclic) bond motifs is 5. The Morgan fingerprint density at radius 3 is 2.87 bits per heavy atom. The summed E-state index contributed by atoms with van der Waals surface area (Å²) in [5.41, 5.74) is 6.64. The van der Waals surface area contributed by atoms with Gasteiger partial charge in [0.05, 0.1) is 32.8 Å². The molecular formula is C34H32ClF3N6O2S. The number of nitrogen functional groups attached to an aromatic ring is 1. The van der Waals surface area contributed by atoms with Gasteiger partial charge in [0, 0.05) is 41.9 Å². The highest BCUT2D eigenvalue weighted by Gasteiger charge is 2.48. The summed E-state index contributed by atoms with van der Waals surface area (Å²) in [7, 11) is 0. The topological polar surface area (TPSA) is 112 Å². The highest BCUT2D eigenvalue weighted by molar-refractivity contribution is 7.23. The summed E-state index contributed by atoms with van der Waals surface area (Å²) in [5, 5.41) is 21.2. The van der Waals surface area contributed by atoms with E-state index in [4.69, 9.17) is 27.1 Å². The van der Waals surface area contributed by atoms with Gasteiger partial charge < -0.3 is 20.5 Å². The zero-order valence-electron chi connectivity index (χ0n) is 25.6. The van der Waals surface area contributed by atoms with Crippen molar-refractivity contribution in [2.24, 2.45) is 11.8 Å². The number of nitriles is 1. The molecule has 4 aromatic rings. The molecule has 1 aliphatic carbocycles. The first-order chi connectivity index (χ1) is 22.6. The average molecular weight is 681 g/mol. The SMILES string of the molecule is C/C(F)=C1\CN2CCCC2(COc2nc(N3C[C@@H]4C[C@H](C3)[C@H](O)C4)c3cc(Cl)c(-c4ccc(F)c5sc(N)c(C#N)c45)c(F)c3n2)C1. The summed E-state index contributed by atoms with van der Waals surface area (Å²) in [5.74, 6) is -0.731. The fourth-order valence-corrected chi connectivity index (χ4v) is 9.64. The van der Waals surface area contributed by atoms with Crippen LogP contribution in [0.2, 0.25) is 5.02 Å². The molecule has 47 heavy (non-hydrogen) atoms. The molecule has 4 fully saturated rings. The number of ether oxygens (including phenoxy) is 1. The van der Waals surface area contributed by atoms with E-state index in [0.717, 1.165) is 42.7 Å². The van der Waals surface area contributed by atoms with E-state index in [-0.39, 0.29) is 72.6 Å². The standard InChI is InChI=1S/C34H32ClF3N6O2S/c1-16(36)19-10-34(5-2-6-44(34)14-19)15-46-33-41-29-21(32(42-33)43-12-17-7-18(13-43)25(45)8-17)9-23(35)27(28(29)38)20-3-4-24(37)30-26(20)22(11-39)31(40)47-30/h3-4,9,17-18,25,45H,2,5-8,10,12-15,40H2,1H3/b19-16+/t17-,18-,25-,34?/m1/s1. The summed E-state index contributed by atoms with van der Waals surface area (Å²) in [6, 6.07) is 6.23. The zero-order chi connectivity index (χ0) is 32.8. The van der Waals surface area contributed by atoms with Gasteiger partial charge in [-0.15, -0.1) is 11.3 Å². The van der Waals surface area contributed by atoms with Crippen LogP contribution in [0.3, 0.4) is 0 Å². The normalized spacial score (nSPS) is 26.7. The summed E-state index contributed by atoms with van der Waals surface area (Å²) in [6.45, 7) is 4.24. The molecule has 2 aromatic carbocycles. The van der Waals surface area contributed by atoms with E-state index in [1.807, 2.05) is 11.0 Å². The first-order valence-electron chi connectivity index (χ1n) is 15.8. The van der Waals surface area contributed by atoms with Gasteiger partial charge in [0.25, 0.3) is 0 Å². The number of halogens is 4. The number of hydrogen-bond acceptors (Lipinski definition) is 9. The smallest absolute Gasteiger partial charge is 0.319 e. The summed E-state index contributed by atoms with van der Waals surface area (Å²) in [4.78, 5) is 13.7. The van der Waals surface area contributed by atoms with Crippen molar-refractivity contribution in [2.45, 2.75) is 50.7 Å². The maximum absolute atomic E-state index is 17.0. The summed E-state index contributed by atoms with van der Waals surface area (Å²) in [6.07, 6.45) is 3.54. The van der Waals surface area contributed by atoms with Gasteiger partial charge in [-0.3, -0.25) is 4.90 Å². The first-order valence-corrected chi connectivity index (χ1v) is 17.0. The van der Waals surface area contributed by atoms with Crippen LogP contribution in [-0.2, 0) is 0 Å². The number of aliphatic hydroxyl groups excluding tert-OH is 1. The molecule has 5 heterocycles. The fourth-order valence-electron chi connectivity index (χ4n) is 8.39. The molecule has 3 N–H and O–H groups in total. The number of piperidine rings is 1. The van der Waals surface area contributed by atoms with E-state index in [1.54, 1.807) is 6.07 Å². The third kappa shape index (κ3) is 4.85. The summed E-state index contributed by atoms with van der Waals surface area (Å²) < 4.78 is 52.6. The van der Waals surface area contributed by atoms with Gasteiger partial charge >= 0.3 is 6.01 Å². The number of nitrogens with two attached hydrogens (primary N) is 1. The number of allylic oxidation sites excluding steroid dienone is 1. The molecule has 4 aliphatic rings. The average Bonchev–Trinajstić information content (AvgIpc) is 3.76. The van der Waals surface area contributed by atoms with Crippen molar-refractivity contribution in [3.8, 4) is 23.2 Å². The van der Waals surface area contributed by atoms with Gasteiger partial charge in [-0.05, 0) is 74.8 Å². The Hall–Kier alpha value is -3.63. The van der Waals surface area contributed by atoms with Crippen LogP contribution in [0.5, 0.6) is 6.01 Å². The number of anilines is 2. The lowest BCUT2D eigenvalue weighted by Gasteiger charge is -2.34. The van der Waals surface area contributed by atoms with Crippen LogP contribution in [0, 0.1) is 34.8 Å². The van der Waals surface area contributed by atoms with Gasteiger partial charge in [-0.25, -0.2) is 13.2 Å². The van der Waals surface area contributed by atoms with Crippen molar-refractivity contribution in [1.29, 1.82) is 5.26 Å². The van der Waals surface area contributed by atoms with E-state index >= 15 is 4.39 Å². The van der Waals surface area contributed by atoms with Crippen LogP contribution in [0.1, 0.15) is 44.6 Å². The predicted octanol–water partition coefficient (Wildman–Crippen LogP) is 6.96. The highest BCUT2D eigenvalue weighted by atomic mass is 35.5. The van der Waals surface area contributed by atoms with Crippen LogP contribution in [0.25, 0.3) is 32.1 Å². The lowest BCUT2D eigenvalue weighted by Crippen LogP contribution is -2.43. The van der Waals surface area contributed by atoms with Gasteiger partial charge in [-0.1, -0.05) is 17.7 Å². The second kappa shape index (κ2) is 11.2. The Bertz CT molecular complexity index is 2040. The molecule has 244 valence electrons. The minimum absolute atomic E-state index is 0.0180. The minimum Gasteiger partial charge on any atom is -0.461 e. The second-order valence-corrected chi connectivity index (χ2v) is 14.9.